The van der Waals surface area contributed by atoms with E-state index in [1.54, 1.807) is 12.1 Å². The minimum atomic E-state index is -0.262. The molecule has 0 bridgehead atoms. The molecule has 94 valence electrons. The molecule has 1 fully saturated rings. The van der Waals surface area contributed by atoms with E-state index in [0.717, 1.165) is 25.9 Å². The van der Waals surface area contributed by atoms with Gasteiger partial charge in [-0.2, -0.15) is 0 Å². The molecule has 0 radical (unpaired) electrons. The molecule has 1 aliphatic heterocycles. The summed E-state index contributed by atoms with van der Waals surface area (Å²) in [5, 5.41) is 3.83. The van der Waals surface area contributed by atoms with E-state index >= 15 is 0 Å². The average Bonchev–Trinajstić information content (AvgIpc) is 2.31. The molecule has 4 heteroatoms. The highest BCUT2D eigenvalue weighted by molar-refractivity contribution is 6.30. The number of halogens is 2. The SMILES string of the molecule is CC1(OCc2cc(Cl)ccc2F)CCCNC1. The van der Waals surface area contributed by atoms with Gasteiger partial charge in [0.2, 0.25) is 0 Å². The van der Waals surface area contributed by atoms with E-state index in [1.807, 2.05) is 0 Å². The van der Waals surface area contributed by atoms with Crippen molar-refractivity contribution in [2.24, 2.45) is 0 Å². The Morgan fingerprint density at radius 1 is 1.53 bits per heavy atom. The van der Waals surface area contributed by atoms with Crippen molar-refractivity contribution in [1.29, 1.82) is 0 Å². The van der Waals surface area contributed by atoms with E-state index in [9.17, 15) is 4.39 Å². The first-order valence-corrected chi connectivity index (χ1v) is 6.25. The summed E-state index contributed by atoms with van der Waals surface area (Å²) in [6.45, 7) is 4.17. The molecule has 0 spiro atoms. The standard InChI is InChI=1S/C13H17ClFNO/c1-13(5-2-6-16-9-13)17-8-10-7-11(14)3-4-12(10)15/h3-4,7,16H,2,5-6,8-9H2,1H3. The second-order valence-electron chi connectivity index (χ2n) is 4.75. The van der Waals surface area contributed by atoms with Crippen LogP contribution in [0.2, 0.25) is 5.02 Å². The topological polar surface area (TPSA) is 21.3 Å². The van der Waals surface area contributed by atoms with Crippen LogP contribution in [0.5, 0.6) is 0 Å². The lowest BCUT2D eigenvalue weighted by Gasteiger charge is -2.34. The van der Waals surface area contributed by atoms with E-state index in [1.165, 1.54) is 6.07 Å². The summed E-state index contributed by atoms with van der Waals surface area (Å²) < 4.78 is 19.3. The van der Waals surface area contributed by atoms with Gasteiger partial charge in [-0.05, 0) is 44.5 Å². The minimum absolute atomic E-state index is 0.201. The zero-order valence-corrected chi connectivity index (χ0v) is 10.7. The van der Waals surface area contributed by atoms with Gasteiger partial charge in [-0.1, -0.05) is 11.6 Å². The number of ether oxygens (including phenoxy) is 1. The van der Waals surface area contributed by atoms with Crippen LogP contribution in [0.25, 0.3) is 0 Å². The Balaban J connectivity index is 1.99. The summed E-state index contributed by atoms with van der Waals surface area (Å²) in [6, 6.07) is 4.54. The molecule has 1 aromatic rings. The highest BCUT2D eigenvalue weighted by atomic mass is 35.5. The van der Waals surface area contributed by atoms with Gasteiger partial charge in [0.1, 0.15) is 5.82 Å². The molecule has 1 aliphatic rings. The zero-order valence-electron chi connectivity index (χ0n) is 9.93. The van der Waals surface area contributed by atoms with Crippen LogP contribution in [0.3, 0.4) is 0 Å². The maximum absolute atomic E-state index is 13.5. The van der Waals surface area contributed by atoms with Gasteiger partial charge in [-0.3, -0.25) is 0 Å². The van der Waals surface area contributed by atoms with E-state index < -0.39 is 0 Å². The van der Waals surface area contributed by atoms with E-state index in [2.05, 4.69) is 12.2 Å². The van der Waals surface area contributed by atoms with Crippen LogP contribution in [0.15, 0.2) is 18.2 Å². The molecule has 1 saturated heterocycles. The fourth-order valence-corrected chi connectivity index (χ4v) is 2.25. The summed E-state index contributed by atoms with van der Waals surface area (Å²) in [4.78, 5) is 0. The largest absolute Gasteiger partial charge is 0.369 e. The molecule has 2 rings (SSSR count). The van der Waals surface area contributed by atoms with Crippen molar-refractivity contribution in [1.82, 2.24) is 5.32 Å². The van der Waals surface area contributed by atoms with Gasteiger partial charge in [0.05, 0.1) is 12.2 Å². The predicted molar refractivity (Wildman–Crippen MR) is 66.7 cm³/mol. The quantitative estimate of drug-likeness (QED) is 0.898. The molecule has 17 heavy (non-hydrogen) atoms. The smallest absolute Gasteiger partial charge is 0.128 e. The molecular weight excluding hydrogens is 241 g/mol. The van der Waals surface area contributed by atoms with Crippen molar-refractivity contribution in [2.45, 2.75) is 32.0 Å². The summed E-state index contributed by atoms with van der Waals surface area (Å²) in [6.07, 6.45) is 2.09. The van der Waals surface area contributed by atoms with E-state index in [0.29, 0.717) is 10.6 Å². The van der Waals surface area contributed by atoms with Crippen LogP contribution in [-0.4, -0.2) is 18.7 Å². The first-order chi connectivity index (χ1) is 8.09. The number of rotatable bonds is 3. The van der Waals surface area contributed by atoms with Crippen molar-refractivity contribution >= 4 is 11.6 Å². The number of benzene rings is 1. The van der Waals surface area contributed by atoms with Crippen LogP contribution in [0.1, 0.15) is 25.3 Å². The highest BCUT2D eigenvalue weighted by Gasteiger charge is 2.27. The van der Waals surface area contributed by atoms with E-state index in [-0.39, 0.29) is 18.0 Å². The first kappa shape index (κ1) is 12.8. The van der Waals surface area contributed by atoms with Crippen molar-refractivity contribution in [3.8, 4) is 0 Å². The lowest BCUT2D eigenvalue weighted by atomic mass is 9.96. The molecule has 1 heterocycles. The Kier molecular flexibility index (Phi) is 4.02. The maximum atomic E-state index is 13.5. The molecule has 0 aliphatic carbocycles. The Hall–Kier alpha value is -0.640. The third kappa shape index (κ3) is 3.41. The van der Waals surface area contributed by atoms with Crippen molar-refractivity contribution < 1.29 is 9.13 Å². The van der Waals surface area contributed by atoms with Gasteiger partial charge in [-0.25, -0.2) is 4.39 Å². The molecule has 0 aromatic heterocycles. The fraction of sp³-hybridized carbons (Fsp3) is 0.538. The van der Waals surface area contributed by atoms with Crippen LogP contribution >= 0.6 is 11.6 Å². The Labute approximate surface area is 106 Å². The Morgan fingerprint density at radius 3 is 3.06 bits per heavy atom. The average molecular weight is 258 g/mol. The molecule has 1 atom stereocenters. The molecule has 0 saturated carbocycles. The summed E-state index contributed by atoms with van der Waals surface area (Å²) in [5.41, 5.74) is 0.316. The predicted octanol–water partition coefficient (Wildman–Crippen LogP) is 3.14. The Morgan fingerprint density at radius 2 is 2.35 bits per heavy atom. The summed E-state index contributed by atoms with van der Waals surface area (Å²) in [5.74, 6) is -0.262. The minimum Gasteiger partial charge on any atom is -0.369 e. The van der Waals surface area contributed by atoms with Crippen molar-refractivity contribution in [2.75, 3.05) is 13.1 Å². The van der Waals surface area contributed by atoms with Gasteiger partial charge in [0, 0.05) is 17.1 Å². The third-order valence-electron chi connectivity index (χ3n) is 3.14. The lowest BCUT2D eigenvalue weighted by molar-refractivity contribution is -0.0580. The highest BCUT2D eigenvalue weighted by Crippen LogP contribution is 2.23. The molecule has 2 nitrogen and oxygen atoms in total. The third-order valence-corrected chi connectivity index (χ3v) is 3.38. The molecule has 0 amide bonds. The molecule has 1 N–H and O–H groups in total. The number of hydrogen-bond acceptors (Lipinski definition) is 2. The first-order valence-electron chi connectivity index (χ1n) is 5.88. The second-order valence-corrected chi connectivity index (χ2v) is 5.19. The van der Waals surface area contributed by atoms with Gasteiger partial charge >= 0.3 is 0 Å². The van der Waals surface area contributed by atoms with Gasteiger partial charge < -0.3 is 10.1 Å². The van der Waals surface area contributed by atoms with Gasteiger partial charge in [0.15, 0.2) is 0 Å². The molecular formula is C13H17ClFNO. The Bertz CT molecular complexity index is 391. The zero-order chi connectivity index (χ0) is 12.3. The van der Waals surface area contributed by atoms with Crippen molar-refractivity contribution in [3.05, 3.63) is 34.6 Å². The number of nitrogens with one attached hydrogen (secondary N) is 1. The second kappa shape index (κ2) is 5.34. The molecule has 1 aromatic carbocycles. The molecule has 1 unspecified atom stereocenters. The van der Waals surface area contributed by atoms with Crippen LogP contribution < -0.4 is 5.32 Å². The summed E-state index contributed by atoms with van der Waals surface area (Å²) in [7, 11) is 0. The monoisotopic (exact) mass is 257 g/mol. The van der Waals surface area contributed by atoms with Crippen LogP contribution in [-0.2, 0) is 11.3 Å². The van der Waals surface area contributed by atoms with Crippen LogP contribution in [0.4, 0.5) is 4.39 Å². The maximum Gasteiger partial charge on any atom is 0.128 e. The normalized spacial score (nSPS) is 24.9. The fourth-order valence-electron chi connectivity index (χ4n) is 2.06. The van der Waals surface area contributed by atoms with Crippen molar-refractivity contribution in [3.63, 3.8) is 0 Å². The van der Waals surface area contributed by atoms with Crippen LogP contribution in [0, 0.1) is 5.82 Å². The summed E-state index contributed by atoms with van der Waals surface area (Å²) >= 11 is 5.84. The number of piperidine rings is 1. The van der Waals surface area contributed by atoms with Gasteiger partial charge in [-0.15, -0.1) is 0 Å². The number of hydrogen-bond donors (Lipinski definition) is 1. The lowest BCUT2D eigenvalue weighted by Crippen LogP contribution is -2.45. The van der Waals surface area contributed by atoms with Gasteiger partial charge in [0.25, 0.3) is 0 Å². The van der Waals surface area contributed by atoms with E-state index in [4.69, 9.17) is 16.3 Å².